The van der Waals surface area contributed by atoms with Crippen LogP contribution in [0, 0.1) is 6.92 Å². The largest absolute Gasteiger partial charge is 0.298 e. The van der Waals surface area contributed by atoms with Gasteiger partial charge in [0.25, 0.3) is 0 Å². The smallest absolute Gasteiger partial charge is 0.150 e. The van der Waals surface area contributed by atoms with Crippen molar-refractivity contribution in [2.75, 3.05) is 0 Å². The van der Waals surface area contributed by atoms with Crippen molar-refractivity contribution in [2.45, 2.75) is 13.3 Å². The Morgan fingerprint density at radius 1 is 1.12 bits per heavy atom. The van der Waals surface area contributed by atoms with E-state index in [1.54, 1.807) is 0 Å². The van der Waals surface area contributed by atoms with Crippen LogP contribution in [0.15, 0.2) is 54.1 Å². The lowest BCUT2D eigenvalue weighted by Gasteiger charge is -2.03. The average molecular weight is 210 g/mol. The third kappa shape index (κ3) is 2.37. The first kappa shape index (κ1) is 10.6. The Balaban J connectivity index is 2.32. The van der Waals surface area contributed by atoms with Crippen molar-refractivity contribution >= 4 is 11.9 Å². The van der Waals surface area contributed by atoms with Crippen molar-refractivity contribution in [1.29, 1.82) is 0 Å². The van der Waals surface area contributed by atoms with Gasteiger partial charge in [-0.05, 0) is 24.5 Å². The minimum atomic E-state index is 0.724. The lowest BCUT2D eigenvalue weighted by atomic mass is 10.0. The molecule has 1 aromatic rings. The normalized spacial score (nSPS) is 15.1. The summed E-state index contributed by atoms with van der Waals surface area (Å²) in [6.07, 6.45) is 9.53. The van der Waals surface area contributed by atoms with Crippen molar-refractivity contribution < 1.29 is 4.79 Å². The zero-order chi connectivity index (χ0) is 11.4. The van der Waals surface area contributed by atoms with Gasteiger partial charge in [0, 0.05) is 5.57 Å². The van der Waals surface area contributed by atoms with Crippen molar-refractivity contribution in [3.63, 3.8) is 0 Å². The molecule has 16 heavy (non-hydrogen) atoms. The molecule has 0 spiro atoms. The van der Waals surface area contributed by atoms with Crippen LogP contribution >= 0.6 is 0 Å². The number of carbonyl (C=O) groups excluding carboxylic acids is 1. The van der Waals surface area contributed by atoms with Gasteiger partial charge in [0.2, 0.25) is 0 Å². The SMILES string of the molecule is Cc1ccc(C2=CC=C(C=O)C=CC2)cc1. The Morgan fingerprint density at radius 3 is 2.56 bits per heavy atom. The fourth-order valence-electron chi connectivity index (χ4n) is 1.70. The summed E-state index contributed by atoms with van der Waals surface area (Å²) in [5.74, 6) is 0. The second-order valence-corrected chi connectivity index (χ2v) is 3.95. The van der Waals surface area contributed by atoms with Gasteiger partial charge in [0.15, 0.2) is 0 Å². The van der Waals surface area contributed by atoms with E-state index in [-0.39, 0.29) is 0 Å². The zero-order valence-electron chi connectivity index (χ0n) is 9.31. The molecule has 1 aliphatic carbocycles. The summed E-state index contributed by atoms with van der Waals surface area (Å²) in [4.78, 5) is 10.7. The maximum Gasteiger partial charge on any atom is 0.150 e. The standard InChI is InChI=1S/C15H14O/c1-12-5-8-15(9-6-12)14-4-2-3-13(11-16)7-10-14/h2-3,5-11H,4H2,1H3. The number of aldehydes is 1. The highest BCUT2D eigenvalue weighted by Gasteiger charge is 2.01. The molecule has 0 aromatic heterocycles. The van der Waals surface area contributed by atoms with Gasteiger partial charge >= 0.3 is 0 Å². The molecule has 0 saturated carbocycles. The van der Waals surface area contributed by atoms with E-state index in [2.05, 4.69) is 31.2 Å². The first-order valence-electron chi connectivity index (χ1n) is 5.39. The lowest BCUT2D eigenvalue weighted by Crippen LogP contribution is -1.82. The fraction of sp³-hybridized carbons (Fsp3) is 0.133. The number of benzene rings is 1. The van der Waals surface area contributed by atoms with Crippen LogP contribution in [0.25, 0.3) is 5.57 Å². The molecule has 0 atom stereocenters. The monoisotopic (exact) mass is 210 g/mol. The minimum absolute atomic E-state index is 0.724. The third-order valence-corrected chi connectivity index (χ3v) is 2.68. The minimum Gasteiger partial charge on any atom is -0.298 e. The molecular weight excluding hydrogens is 196 g/mol. The molecule has 0 saturated heterocycles. The van der Waals surface area contributed by atoms with Crippen LogP contribution in [0.5, 0.6) is 0 Å². The Bertz CT molecular complexity index is 473. The molecule has 0 radical (unpaired) electrons. The van der Waals surface area contributed by atoms with Gasteiger partial charge in [0.05, 0.1) is 0 Å². The predicted octanol–water partition coefficient (Wildman–Crippen LogP) is 3.46. The molecule has 1 nitrogen and oxygen atoms in total. The number of hydrogen-bond donors (Lipinski definition) is 0. The third-order valence-electron chi connectivity index (χ3n) is 2.68. The Hall–Kier alpha value is -1.89. The number of aryl methyl sites for hydroxylation is 1. The molecule has 0 unspecified atom stereocenters. The van der Waals surface area contributed by atoms with E-state index >= 15 is 0 Å². The Kier molecular flexibility index (Phi) is 3.16. The number of hydrogen-bond acceptors (Lipinski definition) is 1. The predicted molar refractivity (Wildman–Crippen MR) is 67.1 cm³/mol. The summed E-state index contributed by atoms with van der Waals surface area (Å²) in [7, 11) is 0. The summed E-state index contributed by atoms with van der Waals surface area (Å²) < 4.78 is 0. The van der Waals surface area contributed by atoms with Crippen LogP contribution in [-0.4, -0.2) is 6.29 Å². The van der Waals surface area contributed by atoms with Gasteiger partial charge in [-0.15, -0.1) is 0 Å². The summed E-state index contributed by atoms with van der Waals surface area (Å²) >= 11 is 0. The van der Waals surface area contributed by atoms with Gasteiger partial charge in [-0.2, -0.15) is 0 Å². The van der Waals surface area contributed by atoms with Crippen LogP contribution in [0.3, 0.4) is 0 Å². The fourth-order valence-corrected chi connectivity index (χ4v) is 1.70. The molecule has 0 N–H and O–H groups in total. The highest BCUT2D eigenvalue weighted by Crippen LogP contribution is 2.21. The Labute approximate surface area is 95.8 Å². The van der Waals surface area contributed by atoms with Crippen LogP contribution < -0.4 is 0 Å². The maximum atomic E-state index is 10.7. The van der Waals surface area contributed by atoms with E-state index in [0.29, 0.717) is 0 Å². The molecular formula is C15H14O. The molecule has 2 rings (SSSR count). The molecule has 0 fully saturated rings. The summed E-state index contributed by atoms with van der Waals surface area (Å²) in [5, 5.41) is 0. The van der Waals surface area contributed by atoms with Gasteiger partial charge in [-0.25, -0.2) is 0 Å². The van der Waals surface area contributed by atoms with E-state index in [4.69, 9.17) is 0 Å². The second kappa shape index (κ2) is 4.75. The molecule has 80 valence electrons. The molecule has 0 amide bonds. The number of allylic oxidation sites excluding steroid dienone is 6. The van der Waals surface area contributed by atoms with Crippen molar-refractivity contribution in [3.05, 3.63) is 65.3 Å². The first-order valence-corrected chi connectivity index (χ1v) is 5.39. The van der Waals surface area contributed by atoms with Crippen molar-refractivity contribution in [2.24, 2.45) is 0 Å². The van der Waals surface area contributed by atoms with E-state index in [9.17, 15) is 4.79 Å². The number of carbonyl (C=O) groups is 1. The summed E-state index contributed by atoms with van der Waals surface area (Å²) in [6, 6.07) is 8.45. The Morgan fingerprint density at radius 2 is 1.88 bits per heavy atom. The van der Waals surface area contributed by atoms with Crippen molar-refractivity contribution in [1.82, 2.24) is 0 Å². The van der Waals surface area contributed by atoms with E-state index in [1.165, 1.54) is 16.7 Å². The topological polar surface area (TPSA) is 17.1 Å². The van der Waals surface area contributed by atoms with Gasteiger partial charge in [-0.3, -0.25) is 4.79 Å². The zero-order valence-corrected chi connectivity index (χ0v) is 9.31. The van der Waals surface area contributed by atoms with E-state index < -0.39 is 0 Å². The van der Waals surface area contributed by atoms with Crippen LogP contribution in [0.2, 0.25) is 0 Å². The highest BCUT2D eigenvalue weighted by atomic mass is 16.1. The van der Waals surface area contributed by atoms with E-state index in [1.807, 2.05) is 24.3 Å². The van der Waals surface area contributed by atoms with Gasteiger partial charge < -0.3 is 0 Å². The molecule has 0 aliphatic heterocycles. The quantitative estimate of drug-likeness (QED) is 0.683. The van der Waals surface area contributed by atoms with E-state index in [0.717, 1.165) is 18.3 Å². The van der Waals surface area contributed by atoms with Gasteiger partial charge in [0.1, 0.15) is 6.29 Å². The molecule has 0 bridgehead atoms. The molecule has 1 aliphatic rings. The molecule has 1 heteroatoms. The van der Waals surface area contributed by atoms with Crippen LogP contribution in [-0.2, 0) is 4.79 Å². The second-order valence-electron chi connectivity index (χ2n) is 3.95. The van der Waals surface area contributed by atoms with Crippen LogP contribution in [0.4, 0.5) is 0 Å². The highest BCUT2D eigenvalue weighted by molar-refractivity contribution is 5.81. The van der Waals surface area contributed by atoms with Crippen LogP contribution in [0.1, 0.15) is 17.5 Å². The number of rotatable bonds is 2. The summed E-state index contributed by atoms with van der Waals surface area (Å²) in [6.45, 7) is 2.08. The first-order chi connectivity index (χ1) is 7.79. The molecule has 0 heterocycles. The lowest BCUT2D eigenvalue weighted by molar-refractivity contribution is -0.104. The van der Waals surface area contributed by atoms with Crippen molar-refractivity contribution in [3.8, 4) is 0 Å². The molecule has 1 aromatic carbocycles. The van der Waals surface area contributed by atoms with Gasteiger partial charge in [-0.1, -0.05) is 54.1 Å². The summed E-state index contributed by atoms with van der Waals surface area (Å²) in [5.41, 5.74) is 4.45. The average Bonchev–Trinajstić information content (AvgIpc) is 2.55. The maximum absolute atomic E-state index is 10.7.